The molecule has 0 amide bonds. The van der Waals surface area contributed by atoms with Crippen LogP contribution in [0, 0.1) is 6.92 Å². The van der Waals surface area contributed by atoms with Gasteiger partial charge in [0.2, 0.25) is 0 Å². The van der Waals surface area contributed by atoms with Crippen LogP contribution in [0.5, 0.6) is 0 Å². The minimum atomic E-state index is 0.338. The Balaban J connectivity index is 1.85. The lowest BCUT2D eigenvalue weighted by Crippen LogP contribution is -1.77. The van der Waals surface area contributed by atoms with Gasteiger partial charge in [-0.05, 0) is 25.1 Å². The molecular formula is C15H10N2O3. The molecule has 5 nitrogen and oxygen atoms in total. The van der Waals surface area contributed by atoms with Gasteiger partial charge < -0.3 is 13.3 Å². The van der Waals surface area contributed by atoms with Crippen LogP contribution < -0.4 is 0 Å². The van der Waals surface area contributed by atoms with Crippen molar-refractivity contribution in [3.63, 3.8) is 0 Å². The summed E-state index contributed by atoms with van der Waals surface area (Å²) in [6, 6.07) is 11.3. The molecule has 3 aromatic heterocycles. The van der Waals surface area contributed by atoms with Crippen LogP contribution >= 0.6 is 0 Å². The number of aromatic nitrogens is 2. The molecule has 0 radical (unpaired) electrons. The number of aryl methyl sites for hydroxylation is 1. The Labute approximate surface area is 113 Å². The summed E-state index contributed by atoms with van der Waals surface area (Å²) < 4.78 is 16.6. The highest BCUT2D eigenvalue weighted by Gasteiger charge is 2.19. The standard InChI is InChI=1S/C15H10N2O3/c1-9-10-5-2-3-6-11(10)19-13(9)15-17-16-14(20-15)12-7-4-8-18-12/h2-8H,1H3. The van der Waals surface area contributed by atoms with Crippen molar-refractivity contribution >= 4 is 11.0 Å². The summed E-state index contributed by atoms with van der Waals surface area (Å²) in [6.07, 6.45) is 1.56. The van der Waals surface area contributed by atoms with E-state index in [1.165, 1.54) is 0 Å². The highest BCUT2D eigenvalue weighted by atomic mass is 16.4. The number of hydrogen-bond donors (Lipinski definition) is 0. The Morgan fingerprint density at radius 1 is 0.900 bits per heavy atom. The van der Waals surface area contributed by atoms with Gasteiger partial charge in [-0.1, -0.05) is 18.2 Å². The van der Waals surface area contributed by atoms with Crippen molar-refractivity contribution < 1.29 is 13.3 Å². The third-order valence-electron chi connectivity index (χ3n) is 3.19. The number of furan rings is 2. The van der Waals surface area contributed by atoms with Crippen molar-refractivity contribution in [2.75, 3.05) is 0 Å². The summed E-state index contributed by atoms with van der Waals surface area (Å²) in [5.41, 5.74) is 1.79. The molecule has 0 saturated carbocycles. The van der Waals surface area contributed by atoms with Crippen LogP contribution in [0.15, 0.2) is 55.9 Å². The molecule has 0 atom stereocenters. The number of rotatable bonds is 2. The monoisotopic (exact) mass is 266 g/mol. The smallest absolute Gasteiger partial charge is 0.284 e. The molecule has 0 bridgehead atoms. The Hall–Kier alpha value is -2.82. The van der Waals surface area contributed by atoms with Crippen LogP contribution in [-0.2, 0) is 0 Å². The number of nitrogens with zero attached hydrogens (tertiary/aromatic N) is 2. The average molecular weight is 266 g/mol. The van der Waals surface area contributed by atoms with Crippen molar-refractivity contribution in [1.82, 2.24) is 10.2 Å². The van der Waals surface area contributed by atoms with Crippen LogP contribution in [0.25, 0.3) is 34.3 Å². The highest BCUT2D eigenvalue weighted by Crippen LogP contribution is 2.33. The maximum Gasteiger partial charge on any atom is 0.284 e. The highest BCUT2D eigenvalue weighted by molar-refractivity contribution is 5.86. The predicted molar refractivity (Wildman–Crippen MR) is 71.9 cm³/mol. The van der Waals surface area contributed by atoms with E-state index in [1.54, 1.807) is 18.4 Å². The molecule has 0 unspecified atom stereocenters. The van der Waals surface area contributed by atoms with E-state index in [1.807, 2.05) is 31.2 Å². The zero-order valence-electron chi connectivity index (χ0n) is 10.7. The first-order chi connectivity index (χ1) is 9.83. The summed E-state index contributed by atoms with van der Waals surface area (Å²) >= 11 is 0. The van der Waals surface area contributed by atoms with Gasteiger partial charge in [-0.2, -0.15) is 0 Å². The fourth-order valence-corrected chi connectivity index (χ4v) is 2.19. The SMILES string of the molecule is Cc1c(-c2nnc(-c3ccco3)o2)oc2ccccc12. The number of benzene rings is 1. The van der Waals surface area contributed by atoms with Crippen LogP contribution in [0.3, 0.4) is 0 Å². The zero-order chi connectivity index (χ0) is 13.5. The Morgan fingerprint density at radius 2 is 1.75 bits per heavy atom. The van der Waals surface area contributed by atoms with Crippen LogP contribution in [0.2, 0.25) is 0 Å². The maximum atomic E-state index is 5.79. The minimum absolute atomic E-state index is 0.338. The van der Waals surface area contributed by atoms with E-state index in [4.69, 9.17) is 13.3 Å². The summed E-state index contributed by atoms with van der Waals surface area (Å²) in [4.78, 5) is 0. The molecule has 0 aliphatic heterocycles. The second-order valence-corrected chi connectivity index (χ2v) is 4.44. The van der Waals surface area contributed by atoms with E-state index < -0.39 is 0 Å². The molecule has 0 aliphatic rings. The average Bonchev–Trinajstić information content (AvgIpc) is 3.17. The van der Waals surface area contributed by atoms with E-state index >= 15 is 0 Å². The van der Waals surface area contributed by atoms with E-state index in [9.17, 15) is 0 Å². The molecule has 5 heteroatoms. The molecule has 4 aromatic rings. The van der Waals surface area contributed by atoms with Crippen molar-refractivity contribution in [2.24, 2.45) is 0 Å². The molecule has 1 aromatic carbocycles. The third kappa shape index (κ3) is 1.56. The molecular weight excluding hydrogens is 256 g/mol. The van der Waals surface area contributed by atoms with Crippen molar-refractivity contribution in [3.8, 4) is 23.3 Å². The molecule has 0 N–H and O–H groups in total. The predicted octanol–water partition coefficient (Wildman–Crippen LogP) is 4.05. The molecule has 4 rings (SSSR count). The van der Waals surface area contributed by atoms with E-state index in [0.29, 0.717) is 23.3 Å². The molecule has 0 spiro atoms. The molecule has 0 aliphatic carbocycles. The van der Waals surface area contributed by atoms with Gasteiger partial charge in [0.15, 0.2) is 11.5 Å². The van der Waals surface area contributed by atoms with Gasteiger partial charge >= 0.3 is 0 Å². The lowest BCUT2D eigenvalue weighted by atomic mass is 10.1. The summed E-state index contributed by atoms with van der Waals surface area (Å²) in [6.45, 7) is 1.97. The van der Waals surface area contributed by atoms with Gasteiger partial charge in [0.05, 0.1) is 6.26 Å². The van der Waals surface area contributed by atoms with Gasteiger partial charge in [-0.25, -0.2) is 0 Å². The Kier molecular flexibility index (Phi) is 2.26. The molecule has 0 fully saturated rings. The normalized spacial score (nSPS) is 11.2. The van der Waals surface area contributed by atoms with Gasteiger partial charge in [0.1, 0.15) is 5.58 Å². The van der Waals surface area contributed by atoms with Crippen LogP contribution in [-0.4, -0.2) is 10.2 Å². The maximum absolute atomic E-state index is 5.79. The number of fused-ring (bicyclic) bond motifs is 1. The van der Waals surface area contributed by atoms with Crippen molar-refractivity contribution in [3.05, 3.63) is 48.2 Å². The van der Waals surface area contributed by atoms with Gasteiger partial charge in [0, 0.05) is 10.9 Å². The lowest BCUT2D eigenvalue weighted by molar-refractivity contribution is 0.508. The van der Waals surface area contributed by atoms with Gasteiger partial charge in [0.25, 0.3) is 11.8 Å². The minimum Gasteiger partial charge on any atom is -0.459 e. The topological polar surface area (TPSA) is 65.2 Å². The molecule has 98 valence electrons. The zero-order valence-corrected chi connectivity index (χ0v) is 10.7. The van der Waals surface area contributed by atoms with E-state index in [0.717, 1.165) is 16.5 Å². The fourth-order valence-electron chi connectivity index (χ4n) is 2.19. The fraction of sp³-hybridized carbons (Fsp3) is 0.0667. The van der Waals surface area contributed by atoms with E-state index in [-0.39, 0.29) is 0 Å². The first kappa shape index (κ1) is 11.0. The molecule has 3 heterocycles. The lowest BCUT2D eigenvalue weighted by Gasteiger charge is -1.90. The quantitative estimate of drug-likeness (QED) is 0.547. The third-order valence-corrected chi connectivity index (χ3v) is 3.19. The van der Waals surface area contributed by atoms with Crippen molar-refractivity contribution in [2.45, 2.75) is 6.92 Å². The summed E-state index contributed by atoms with van der Waals surface area (Å²) in [5.74, 6) is 1.82. The largest absolute Gasteiger partial charge is 0.459 e. The van der Waals surface area contributed by atoms with E-state index in [2.05, 4.69) is 10.2 Å². The van der Waals surface area contributed by atoms with Gasteiger partial charge in [-0.15, -0.1) is 10.2 Å². The second kappa shape index (κ2) is 4.09. The summed E-state index contributed by atoms with van der Waals surface area (Å²) in [5, 5.41) is 9.05. The van der Waals surface area contributed by atoms with Crippen molar-refractivity contribution in [1.29, 1.82) is 0 Å². The van der Waals surface area contributed by atoms with Gasteiger partial charge in [-0.3, -0.25) is 0 Å². The van der Waals surface area contributed by atoms with Crippen LogP contribution in [0.4, 0.5) is 0 Å². The van der Waals surface area contributed by atoms with Crippen LogP contribution in [0.1, 0.15) is 5.56 Å². The first-order valence-electron chi connectivity index (χ1n) is 6.19. The number of para-hydroxylation sites is 1. The first-order valence-corrected chi connectivity index (χ1v) is 6.19. The molecule has 20 heavy (non-hydrogen) atoms. The Morgan fingerprint density at radius 3 is 2.55 bits per heavy atom. The molecule has 0 saturated heterocycles. The summed E-state index contributed by atoms with van der Waals surface area (Å²) in [7, 11) is 0. The second-order valence-electron chi connectivity index (χ2n) is 4.44. The number of hydrogen-bond acceptors (Lipinski definition) is 5. The Bertz CT molecular complexity index is 872.